The Morgan fingerprint density at radius 3 is 2.50 bits per heavy atom. The summed E-state index contributed by atoms with van der Waals surface area (Å²) in [5, 5.41) is 11.6. The van der Waals surface area contributed by atoms with Crippen molar-refractivity contribution in [2.45, 2.75) is 45.1 Å². The van der Waals surface area contributed by atoms with Crippen molar-refractivity contribution in [3.05, 3.63) is 0 Å². The lowest BCUT2D eigenvalue weighted by molar-refractivity contribution is -0.142. The van der Waals surface area contributed by atoms with Crippen molar-refractivity contribution in [2.24, 2.45) is 17.8 Å². The first-order valence-corrected chi connectivity index (χ1v) is 6.18. The Kier molecular flexibility index (Phi) is 3.17. The van der Waals surface area contributed by atoms with Gasteiger partial charge in [0.1, 0.15) is 6.04 Å². The van der Waals surface area contributed by atoms with Gasteiger partial charge in [0.05, 0.1) is 0 Å². The lowest BCUT2D eigenvalue weighted by Gasteiger charge is -2.14. The van der Waals surface area contributed by atoms with E-state index in [1.165, 1.54) is 6.42 Å². The van der Waals surface area contributed by atoms with Crippen LogP contribution in [0, 0.1) is 17.8 Å². The zero-order chi connectivity index (χ0) is 11.7. The highest BCUT2D eigenvalue weighted by molar-refractivity contribution is 5.87. The van der Waals surface area contributed by atoms with E-state index in [0.717, 1.165) is 19.3 Å². The van der Waals surface area contributed by atoms with Gasteiger partial charge >= 0.3 is 5.97 Å². The van der Waals surface area contributed by atoms with Gasteiger partial charge < -0.3 is 10.4 Å². The minimum Gasteiger partial charge on any atom is -0.480 e. The van der Waals surface area contributed by atoms with Gasteiger partial charge in [-0.25, -0.2) is 4.79 Å². The van der Waals surface area contributed by atoms with Gasteiger partial charge in [-0.3, -0.25) is 4.79 Å². The molecule has 4 heteroatoms. The molecule has 0 radical (unpaired) electrons. The molecule has 0 bridgehead atoms. The first kappa shape index (κ1) is 11.4. The van der Waals surface area contributed by atoms with Gasteiger partial charge in [0.15, 0.2) is 0 Å². The van der Waals surface area contributed by atoms with Crippen LogP contribution in [0.1, 0.15) is 39.0 Å². The van der Waals surface area contributed by atoms with E-state index in [2.05, 4.69) is 5.32 Å². The van der Waals surface area contributed by atoms with E-state index in [-0.39, 0.29) is 11.8 Å². The first-order valence-electron chi connectivity index (χ1n) is 6.18. The number of aliphatic carboxylic acids is 1. The smallest absolute Gasteiger partial charge is 0.326 e. The van der Waals surface area contributed by atoms with Gasteiger partial charge in [0, 0.05) is 5.92 Å². The molecule has 16 heavy (non-hydrogen) atoms. The number of carboxylic acids is 1. The normalized spacial score (nSPS) is 32.9. The van der Waals surface area contributed by atoms with Crippen LogP contribution in [0.15, 0.2) is 0 Å². The van der Waals surface area contributed by atoms with E-state index >= 15 is 0 Å². The monoisotopic (exact) mass is 225 g/mol. The van der Waals surface area contributed by atoms with E-state index in [1.807, 2.05) is 6.92 Å². The second-order valence-corrected chi connectivity index (χ2v) is 4.97. The third kappa shape index (κ3) is 2.06. The van der Waals surface area contributed by atoms with Crippen LogP contribution in [-0.2, 0) is 9.59 Å². The fourth-order valence-corrected chi connectivity index (χ4v) is 3.02. The molecule has 4 nitrogen and oxygen atoms in total. The van der Waals surface area contributed by atoms with Crippen molar-refractivity contribution in [3.63, 3.8) is 0 Å². The fraction of sp³-hybridized carbons (Fsp3) is 0.833. The van der Waals surface area contributed by atoms with Gasteiger partial charge in [-0.2, -0.15) is 0 Å². The predicted octanol–water partition coefficient (Wildman–Crippen LogP) is 1.40. The minimum absolute atomic E-state index is 0.0319. The second-order valence-electron chi connectivity index (χ2n) is 4.97. The molecule has 0 heterocycles. The lowest BCUT2D eigenvalue weighted by atomic mass is 10.1. The second kappa shape index (κ2) is 4.44. The van der Waals surface area contributed by atoms with Crippen LogP contribution in [0.25, 0.3) is 0 Å². The third-order valence-electron chi connectivity index (χ3n) is 3.90. The molecule has 0 aromatic carbocycles. The van der Waals surface area contributed by atoms with Crippen LogP contribution in [0.5, 0.6) is 0 Å². The molecular weight excluding hydrogens is 206 g/mol. The van der Waals surface area contributed by atoms with Gasteiger partial charge in [-0.1, -0.05) is 19.8 Å². The number of carbonyl (C=O) groups is 2. The van der Waals surface area contributed by atoms with E-state index in [1.54, 1.807) is 0 Å². The lowest BCUT2D eigenvalue weighted by Crippen LogP contribution is -2.42. The largest absolute Gasteiger partial charge is 0.480 e. The molecule has 2 saturated carbocycles. The van der Waals surface area contributed by atoms with Crippen molar-refractivity contribution >= 4 is 11.9 Å². The van der Waals surface area contributed by atoms with Crippen LogP contribution < -0.4 is 5.32 Å². The maximum Gasteiger partial charge on any atom is 0.326 e. The van der Waals surface area contributed by atoms with Gasteiger partial charge in [0.25, 0.3) is 0 Å². The third-order valence-corrected chi connectivity index (χ3v) is 3.90. The minimum atomic E-state index is -0.916. The Hall–Kier alpha value is -1.06. The first-order chi connectivity index (χ1) is 7.65. The number of hydrogen-bond acceptors (Lipinski definition) is 2. The predicted molar refractivity (Wildman–Crippen MR) is 58.8 cm³/mol. The number of nitrogens with one attached hydrogen (secondary N) is 1. The standard InChI is InChI=1S/C12H19NO3/c1-2-4-9(12(15)16)13-11(14)10-7-5-3-6-8(7)10/h7-10H,2-6H2,1H3,(H,13,14)(H,15,16)/t7?,8?,9-,10?/m0/s1. The summed E-state index contributed by atoms with van der Waals surface area (Å²) in [6, 6.07) is -0.696. The molecule has 2 rings (SSSR count). The molecule has 2 N–H and O–H groups in total. The quantitative estimate of drug-likeness (QED) is 0.743. The van der Waals surface area contributed by atoms with E-state index < -0.39 is 12.0 Å². The van der Waals surface area contributed by atoms with Gasteiger partial charge in [-0.15, -0.1) is 0 Å². The average molecular weight is 225 g/mol. The van der Waals surface area contributed by atoms with Crippen molar-refractivity contribution in [1.29, 1.82) is 0 Å². The molecule has 0 aromatic rings. The average Bonchev–Trinajstić information content (AvgIpc) is 2.72. The Morgan fingerprint density at radius 1 is 1.38 bits per heavy atom. The van der Waals surface area contributed by atoms with E-state index in [0.29, 0.717) is 18.3 Å². The Labute approximate surface area is 95.4 Å². The molecule has 1 amide bonds. The van der Waals surface area contributed by atoms with Crippen molar-refractivity contribution < 1.29 is 14.7 Å². The molecule has 2 fully saturated rings. The molecule has 0 spiro atoms. The van der Waals surface area contributed by atoms with Gasteiger partial charge in [0.2, 0.25) is 5.91 Å². The topological polar surface area (TPSA) is 66.4 Å². The highest BCUT2D eigenvalue weighted by atomic mass is 16.4. The van der Waals surface area contributed by atoms with Crippen LogP contribution in [0.3, 0.4) is 0 Å². The van der Waals surface area contributed by atoms with Crippen LogP contribution >= 0.6 is 0 Å². The van der Waals surface area contributed by atoms with Crippen molar-refractivity contribution in [2.75, 3.05) is 0 Å². The molecule has 0 aliphatic heterocycles. The number of hydrogen-bond donors (Lipinski definition) is 2. The van der Waals surface area contributed by atoms with E-state index in [4.69, 9.17) is 5.11 Å². The summed E-state index contributed by atoms with van der Waals surface area (Å²) in [6.45, 7) is 1.92. The Bertz CT molecular complexity index is 293. The zero-order valence-electron chi connectivity index (χ0n) is 9.61. The van der Waals surface area contributed by atoms with Crippen molar-refractivity contribution in [3.8, 4) is 0 Å². The highest BCUT2D eigenvalue weighted by Crippen LogP contribution is 2.57. The Balaban J connectivity index is 1.84. The zero-order valence-corrected chi connectivity index (χ0v) is 9.61. The summed E-state index contributed by atoms with van der Waals surface area (Å²) in [6.07, 6.45) is 4.82. The molecule has 2 unspecified atom stereocenters. The van der Waals surface area contributed by atoms with Crippen molar-refractivity contribution in [1.82, 2.24) is 5.32 Å². The molecule has 2 aliphatic rings. The molecular formula is C12H19NO3. The van der Waals surface area contributed by atoms with Gasteiger partial charge in [-0.05, 0) is 31.1 Å². The number of rotatable bonds is 5. The number of fused-ring (bicyclic) bond motifs is 1. The van der Waals surface area contributed by atoms with E-state index in [9.17, 15) is 9.59 Å². The number of amides is 1. The molecule has 90 valence electrons. The Morgan fingerprint density at radius 2 is 2.00 bits per heavy atom. The summed E-state index contributed by atoms with van der Waals surface area (Å²) >= 11 is 0. The fourth-order valence-electron chi connectivity index (χ4n) is 3.02. The maximum atomic E-state index is 11.8. The summed E-state index contributed by atoms with van der Waals surface area (Å²) in [7, 11) is 0. The molecule has 0 saturated heterocycles. The summed E-state index contributed by atoms with van der Waals surface area (Å²) in [5.41, 5.74) is 0. The van der Waals surface area contributed by atoms with Crippen LogP contribution in [-0.4, -0.2) is 23.0 Å². The van der Waals surface area contributed by atoms with Crippen LogP contribution in [0.4, 0.5) is 0 Å². The molecule has 2 aliphatic carbocycles. The highest BCUT2D eigenvalue weighted by Gasteiger charge is 2.56. The maximum absolute atomic E-state index is 11.8. The molecule has 3 atom stereocenters. The SMILES string of the molecule is CCC[C@H](NC(=O)C1C2CCCC21)C(=O)O. The molecule has 0 aromatic heterocycles. The number of carbonyl (C=O) groups excluding carboxylic acids is 1. The summed E-state index contributed by atoms with van der Waals surface area (Å²) in [4.78, 5) is 22.7. The number of carboxylic acid groups (broad SMARTS) is 1. The summed E-state index contributed by atoms with van der Waals surface area (Å²) in [5.74, 6) is 0.274. The summed E-state index contributed by atoms with van der Waals surface area (Å²) < 4.78 is 0. The van der Waals surface area contributed by atoms with Crippen LogP contribution in [0.2, 0.25) is 0 Å².